The third-order valence-electron chi connectivity index (χ3n) is 12.2. The molecule has 3 aromatic carbocycles. The van der Waals surface area contributed by atoms with Crippen LogP contribution in [0, 0.1) is 15.5 Å². The van der Waals surface area contributed by atoms with Crippen LogP contribution in [0.2, 0.25) is 5.02 Å². The van der Waals surface area contributed by atoms with E-state index in [4.69, 9.17) is 30.5 Å². The number of carbonyl (C=O) groups excluding carboxylic acids is 1. The van der Waals surface area contributed by atoms with Gasteiger partial charge >= 0.3 is 0 Å². The standard InChI is InChI=1S/C46H54ClN7O9S/c1-46(2)16-15-32(38(27-46)31-5-7-33(47)8-6-31)29-51-18-20-52(21-19-51)34-9-11-37(41(25-34)53-17-4-22-63-45-40(53)13-14-43(49-45)60-3)44(55)50-64(58,59)36-10-12-39(42(26-36)54(56)57)48-28-35-30-61-23-24-62-35/h5-14,25-26,35,48H,4,15-24,27-30H2,1-3H3,(H,50,55). The number of anilines is 4. The van der Waals surface area contributed by atoms with Gasteiger partial charge in [0.2, 0.25) is 11.8 Å². The van der Waals surface area contributed by atoms with Crippen LogP contribution >= 0.6 is 11.6 Å². The molecule has 4 aliphatic rings. The lowest BCUT2D eigenvalue weighted by atomic mass is 9.72. The van der Waals surface area contributed by atoms with Crippen LogP contribution in [0.4, 0.5) is 28.4 Å². The molecule has 340 valence electrons. The van der Waals surface area contributed by atoms with Crippen molar-refractivity contribution in [2.45, 2.75) is 50.5 Å². The van der Waals surface area contributed by atoms with Crippen LogP contribution < -0.4 is 29.3 Å². The number of amides is 1. The number of nitrogens with zero attached hydrogens (tertiary/aromatic N) is 5. The summed E-state index contributed by atoms with van der Waals surface area (Å²) in [6, 6.07) is 20.5. The van der Waals surface area contributed by atoms with Gasteiger partial charge in [-0.15, -0.1) is 0 Å². The Morgan fingerprint density at radius 1 is 0.984 bits per heavy atom. The van der Waals surface area contributed by atoms with Gasteiger partial charge in [0.05, 0.1) is 60.7 Å². The number of allylic oxidation sites excluding steroid dienone is 1. The van der Waals surface area contributed by atoms with Gasteiger partial charge in [0.1, 0.15) is 11.4 Å². The monoisotopic (exact) mass is 915 g/mol. The molecule has 8 rings (SSSR count). The fraction of sp³-hybridized carbons (Fsp3) is 0.435. The number of pyridine rings is 1. The highest BCUT2D eigenvalue weighted by molar-refractivity contribution is 7.90. The summed E-state index contributed by atoms with van der Waals surface area (Å²) in [4.78, 5) is 36.5. The lowest BCUT2D eigenvalue weighted by Gasteiger charge is -2.39. The second-order valence-electron chi connectivity index (χ2n) is 17.2. The van der Waals surface area contributed by atoms with Gasteiger partial charge < -0.3 is 34.1 Å². The second kappa shape index (κ2) is 19.3. The Bertz CT molecular complexity index is 2510. The summed E-state index contributed by atoms with van der Waals surface area (Å²) in [6.45, 7) is 10.9. The van der Waals surface area contributed by atoms with E-state index in [1.807, 2.05) is 29.2 Å². The van der Waals surface area contributed by atoms with Crippen LogP contribution in [-0.2, 0) is 19.5 Å². The first-order valence-corrected chi connectivity index (χ1v) is 23.5. The Morgan fingerprint density at radius 2 is 1.78 bits per heavy atom. The highest BCUT2D eigenvalue weighted by Crippen LogP contribution is 2.44. The van der Waals surface area contributed by atoms with E-state index in [1.54, 1.807) is 18.2 Å². The van der Waals surface area contributed by atoms with E-state index in [1.165, 1.54) is 36.0 Å². The van der Waals surface area contributed by atoms with Gasteiger partial charge in [-0.3, -0.25) is 19.8 Å². The lowest BCUT2D eigenvalue weighted by molar-refractivity contribution is -0.384. The molecule has 64 heavy (non-hydrogen) atoms. The quantitative estimate of drug-likeness (QED) is 0.101. The first-order valence-electron chi connectivity index (χ1n) is 21.6. The van der Waals surface area contributed by atoms with Crippen molar-refractivity contribution in [2.75, 3.05) is 94.5 Å². The van der Waals surface area contributed by atoms with Crippen LogP contribution in [-0.4, -0.2) is 115 Å². The zero-order chi connectivity index (χ0) is 45.0. The molecular formula is C46H54ClN7O9S. The summed E-state index contributed by atoms with van der Waals surface area (Å²) in [5, 5.41) is 15.8. The van der Waals surface area contributed by atoms with Crippen LogP contribution in [0.25, 0.3) is 5.57 Å². The smallest absolute Gasteiger partial charge is 0.293 e. The first kappa shape index (κ1) is 45.1. The topological polar surface area (TPSA) is 178 Å². The zero-order valence-corrected chi connectivity index (χ0v) is 37.9. The number of nitro groups is 1. The van der Waals surface area contributed by atoms with Gasteiger partial charge in [0.25, 0.3) is 21.6 Å². The molecule has 18 heteroatoms. The third kappa shape index (κ3) is 10.4. The molecule has 4 aromatic rings. The number of fused-ring (bicyclic) bond motifs is 1. The number of piperazine rings is 1. The summed E-state index contributed by atoms with van der Waals surface area (Å²) in [5.41, 5.74) is 5.95. The number of ether oxygens (including phenoxy) is 4. The van der Waals surface area contributed by atoms with E-state index < -0.39 is 31.4 Å². The van der Waals surface area contributed by atoms with Crippen molar-refractivity contribution >= 4 is 61.5 Å². The van der Waals surface area contributed by atoms with Crippen molar-refractivity contribution in [3.63, 3.8) is 0 Å². The first-order chi connectivity index (χ1) is 30.8. The minimum absolute atomic E-state index is 0.0824. The number of aromatic nitrogens is 1. The number of rotatable bonds is 13. The minimum Gasteiger partial charge on any atom is -0.481 e. The minimum atomic E-state index is -4.59. The number of hydrogen-bond acceptors (Lipinski definition) is 14. The molecule has 16 nitrogen and oxygen atoms in total. The lowest BCUT2D eigenvalue weighted by Crippen LogP contribution is -2.47. The van der Waals surface area contributed by atoms with E-state index in [2.05, 4.69) is 50.8 Å². The number of nitrogens with one attached hydrogen (secondary N) is 2. The van der Waals surface area contributed by atoms with E-state index in [0.29, 0.717) is 62.5 Å². The molecule has 3 aliphatic heterocycles. The molecule has 0 saturated carbocycles. The van der Waals surface area contributed by atoms with Crippen molar-refractivity contribution in [1.82, 2.24) is 14.6 Å². The number of hydrogen-bond donors (Lipinski definition) is 2. The molecule has 0 radical (unpaired) electrons. The van der Waals surface area contributed by atoms with Gasteiger partial charge in [-0.2, -0.15) is 4.98 Å². The van der Waals surface area contributed by atoms with E-state index in [0.717, 1.165) is 68.8 Å². The highest BCUT2D eigenvalue weighted by atomic mass is 35.5. The average molecular weight is 916 g/mol. The number of sulfonamides is 1. The van der Waals surface area contributed by atoms with Gasteiger partial charge in [-0.25, -0.2) is 13.1 Å². The predicted molar refractivity (Wildman–Crippen MR) is 246 cm³/mol. The van der Waals surface area contributed by atoms with Crippen molar-refractivity contribution in [1.29, 1.82) is 0 Å². The molecule has 1 atom stereocenters. The molecule has 1 amide bonds. The average Bonchev–Trinajstić information content (AvgIpc) is 3.51. The SMILES string of the molecule is COc1ccc2c(n1)OCCCN2c1cc(N2CCN(CC3=C(c4ccc(Cl)cc4)CC(C)(C)CC3)CC2)ccc1C(=O)NS(=O)(=O)c1ccc(NCC2COCCO2)c([N+](=O)[O-])c1. The fourth-order valence-electron chi connectivity index (χ4n) is 8.73. The molecule has 4 heterocycles. The molecule has 1 aromatic heterocycles. The number of nitro benzene ring substituents is 1. The van der Waals surface area contributed by atoms with Crippen LogP contribution in [0.5, 0.6) is 11.8 Å². The third-order valence-corrected chi connectivity index (χ3v) is 13.8. The van der Waals surface area contributed by atoms with Crippen molar-refractivity contribution in [2.24, 2.45) is 5.41 Å². The zero-order valence-electron chi connectivity index (χ0n) is 36.3. The van der Waals surface area contributed by atoms with E-state index >= 15 is 0 Å². The van der Waals surface area contributed by atoms with Crippen LogP contribution in [0.1, 0.15) is 55.5 Å². The maximum atomic E-state index is 14.3. The molecule has 2 fully saturated rings. The molecule has 2 saturated heterocycles. The molecule has 1 aliphatic carbocycles. The molecule has 0 spiro atoms. The number of halogens is 1. The van der Waals surface area contributed by atoms with E-state index in [-0.39, 0.29) is 29.3 Å². The summed E-state index contributed by atoms with van der Waals surface area (Å²) < 4.78 is 52.3. The number of methoxy groups -OCH3 is 1. The van der Waals surface area contributed by atoms with Gasteiger partial charge in [0.15, 0.2) is 0 Å². The van der Waals surface area contributed by atoms with E-state index in [9.17, 15) is 23.3 Å². The van der Waals surface area contributed by atoms with Crippen LogP contribution in [0.15, 0.2) is 83.3 Å². The van der Waals surface area contributed by atoms with Crippen LogP contribution in [0.3, 0.4) is 0 Å². The highest BCUT2D eigenvalue weighted by Gasteiger charge is 2.32. The maximum Gasteiger partial charge on any atom is 0.293 e. The Hall–Kier alpha value is -5.46. The molecule has 2 N–H and O–H groups in total. The normalized spacial score (nSPS) is 19.3. The van der Waals surface area contributed by atoms with Gasteiger partial charge in [-0.1, -0.05) is 43.2 Å². The predicted octanol–water partition coefficient (Wildman–Crippen LogP) is 7.30. The Balaban J connectivity index is 1.05. The number of benzene rings is 3. The number of carbonyl (C=O) groups is 1. The Morgan fingerprint density at radius 3 is 2.52 bits per heavy atom. The summed E-state index contributed by atoms with van der Waals surface area (Å²) in [5.74, 6) is -0.230. The summed E-state index contributed by atoms with van der Waals surface area (Å²) in [6.07, 6.45) is 3.44. The summed E-state index contributed by atoms with van der Waals surface area (Å²) >= 11 is 6.26. The fourth-order valence-corrected chi connectivity index (χ4v) is 9.84. The largest absolute Gasteiger partial charge is 0.481 e. The van der Waals surface area contributed by atoms with Crippen molar-refractivity contribution in [3.8, 4) is 11.8 Å². The molecule has 0 bridgehead atoms. The van der Waals surface area contributed by atoms with Crippen molar-refractivity contribution in [3.05, 3.63) is 105 Å². The Kier molecular flexibility index (Phi) is 13.6. The van der Waals surface area contributed by atoms with Gasteiger partial charge in [-0.05, 0) is 90.8 Å². The van der Waals surface area contributed by atoms with Gasteiger partial charge in [0, 0.05) is 68.7 Å². The summed E-state index contributed by atoms with van der Waals surface area (Å²) in [7, 11) is -3.08. The second-order valence-corrected chi connectivity index (χ2v) is 19.4. The molecule has 1 unspecified atom stereocenters. The maximum absolute atomic E-state index is 14.3. The molecular weight excluding hydrogens is 862 g/mol. The Labute approximate surface area is 378 Å². The van der Waals surface area contributed by atoms with Crippen molar-refractivity contribution < 1.29 is 37.1 Å².